The zero-order valence-electron chi connectivity index (χ0n) is 14.4. The van der Waals surface area contributed by atoms with Crippen LogP contribution in [0, 0.1) is 0 Å². The fourth-order valence-corrected chi connectivity index (χ4v) is 3.17. The predicted molar refractivity (Wildman–Crippen MR) is 104 cm³/mol. The quantitative estimate of drug-likeness (QED) is 0.490. The summed E-state index contributed by atoms with van der Waals surface area (Å²) in [5.74, 6) is 0. The van der Waals surface area contributed by atoms with Crippen molar-refractivity contribution in [2.24, 2.45) is 0 Å². The Hall–Kier alpha value is -1.46. The van der Waals surface area contributed by atoms with E-state index in [1.54, 1.807) is 0 Å². The summed E-state index contributed by atoms with van der Waals surface area (Å²) in [5.41, 5.74) is 2.43. The normalized spacial score (nSPS) is 21.5. The Morgan fingerprint density at radius 1 is 1.20 bits per heavy atom. The summed E-state index contributed by atoms with van der Waals surface area (Å²) < 4.78 is 12.7. The Morgan fingerprint density at radius 2 is 1.92 bits per heavy atom. The standard InChI is InChI=1S/C21H24BrNO2/c1-3-19(23-15(2)17-7-5-4-6-8-17)21-20(25-21)14-24-13-16-9-11-18(22)12-10-16/h3-12,15,19-21,23H,1,13-14H2,2H3/t15-,19+,20-,21+/m0/s1. The van der Waals surface area contributed by atoms with Crippen LogP contribution in [0.5, 0.6) is 0 Å². The molecular formula is C21H24BrNO2. The number of benzene rings is 2. The van der Waals surface area contributed by atoms with Crippen molar-refractivity contribution in [2.45, 2.75) is 37.8 Å². The second-order valence-electron chi connectivity index (χ2n) is 6.34. The van der Waals surface area contributed by atoms with Crippen molar-refractivity contribution in [1.29, 1.82) is 0 Å². The van der Waals surface area contributed by atoms with Crippen LogP contribution >= 0.6 is 15.9 Å². The van der Waals surface area contributed by atoms with Crippen molar-refractivity contribution in [3.63, 3.8) is 0 Å². The molecular weight excluding hydrogens is 378 g/mol. The van der Waals surface area contributed by atoms with Crippen molar-refractivity contribution < 1.29 is 9.47 Å². The van der Waals surface area contributed by atoms with E-state index in [-0.39, 0.29) is 24.3 Å². The van der Waals surface area contributed by atoms with E-state index in [0.29, 0.717) is 13.2 Å². The molecule has 4 heteroatoms. The lowest BCUT2D eigenvalue weighted by Gasteiger charge is -2.19. The maximum atomic E-state index is 5.80. The van der Waals surface area contributed by atoms with Gasteiger partial charge in [0.15, 0.2) is 0 Å². The molecule has 1 aliphatic heterocycles. The number of rotatable bonds is 9. The van der Waals surface area contributed by atoms with E-state index in [9.17, 15) is 0 Å². The Balaban J connectivity index is 1.43. The van der Waals surface area contributed by atoms with Crippen molar-refractivity contribution in [3.05, 3.63) is 82.9 Å². The van der Waals surface area contributed by atoms with E-state index in [4.69, 9.17) is 9.47 Å². The monoisotopic (exact) mass is 401 g/mol. The van der Waals surface area contributed by atoms with Gasteiger partial charge in [0, 0.05) is 10.5 Å². The van der Waals surface area contributed by atoms with Crippen molar-refractivity contribution in [2.75, 3.05) is 6.61 Å². The summed E-state index contributed by atoms with van der Waals surface area (Å²) in [6.07, 6.45) is 2.20. The van der Waals surface area contributed by atoms with Crippen molar-refractivity contribution in [3.8, 4) is 0 Å². The highest BCUT2D eigenvalue weighted by Gasteiger charge is 2.44. The molecule has 132 valence electrons. The molecule has 3 rings (SSSR count). The van der Waals surface area contributed by atoms with Gasteiger partial charge >= 0.3 is 0 Å². The van der Waals surface area contributed by atoms with E-state index in [1.807, 2.05) is 24.3 Å². The van der Waals surface area contributed by atoms with E-state index in [1.165, 1.54) is 5.56 Å². The van der Waals surface area contributed by atoms with Gasteiger partial charge in [0.05, 0.1) is 19.3 Å². The van der Waals surface area contributed by atoms with Gasteiger partial charge < -0.3 is 14.8 Å². The van der Waals surface area contributed by atoms with Gasteiger partial charge in [-0.1, -0.05) is 64.5 Å². The van der Waals surface area contributed by atoms with E-state index in [0.717, 1.165) is 10.0 Å². The first-order valence-electron chi connectivity index (χ1n) is 8.58. The van der Waals surface area contributed by atoms with E-state index < -0.39 is 0 Å². The van der Waals surface area contributed by atoms with Crippen LogP contribution in [0.4, 0.5) is 0 Å². The molecule has 1 fully saturated rings. The SMILES string of the molecule is C=C[C@@H](N[C@@H](C)c1ccccc1)[C@H]1O[C@H]1COCc1ccc(Br)cc1. The molecule has 25 heavy (non-hydrogen) atoms. The lowest BCUT2D eigenvalue weighted by molar-refractivity contribution is 0.104. The third-order valence-corrected chi connectivity index (χ3v) is 4.96. The highest BCUT2D eigenvalue weighted by atomic mass is 79.9. The summed E-state index contributed by atoms with van der Waals surface area (Å²) in [6.45, 7) is 7.32. The number of halogens is 1. The molecule has 0 aromatic heterocycles. The van der Waals surface area contributed by atoms with Gasteiger partial charge in [0.25, 0.3) is 0 Å². The highest BCUT2D eigenvalue weighted by molar-refractivity contribution is 9.10. The highest BCUT2D eigenvalue weighted by Crippen LogP contribution is 2.28. The fourth-order valence-electron chi connectivity index (χ4n) is 2.90. The van der Waals surface area contributed by atoms with Crippen LogP contribution in [0.3, 0.4) is 0 Å². The van der Waals surface area contributed by atoms with Gasteiger partial charge in [0.1, 0.15) is 12.2 Å². The molecule has 0 radical (unpaired) electrons. The zero-order valence-corrected chi connectivity index (χ0v) is 16.0. The molecule has 1 aliphatic rings. The largest absolute Gasteiger partial charge is 0.374 e. The van der Waals surface area contributed by atoms with Crippen LogP contribution < -0.4 is 5.32 Å². The topological polar surface area (TPSA) is 33.8 Å². The average Bonchev–Trinajstić information content (AvgIpc) is 3.41. The summed E-state index contributed by atoms with van der Waals surface area (Å²) >= 11 is 3.44. The second kappa shape index (κ2) is 8.77. The molecule has 0 aliphatic carbocycles. The smallest absolute Gasteiger partial charge is 0.109 e. The van der Waals surface area contributed by atoms with Crippen LogP contribution in [0.25, 0.3) is 0 Å². The molecule has 0 saturated carbocycles. The third kappa shape index (κ3) is 5.25. The Morgan fingerprint density at radius 3 is 2.60 bits per heavy atom. The van der Waals surface area contributed by atoms with Crippen LogP contribution in [0.15, 0.2) is 71.7 Å². The third-order valence-electron chi connectivity index (χ3n) is 4.44. The Labute approximate surface area is 158 Å². The Bertz CT molecular complexity index is 674. The molecule has 1 saturated heterocycles. The molecule has 0 amide bonds. The summed E-state index contributed by atoms with van der Waals surface area (Å²) in [6, 6.07) is 18.9. The van der Waals surface area contributed by atoms with Gasteiger partial charge in [-0.05, 0) is 30.2 Å². The number of hydrogen-bond acceptors (Lipinski definition) is 3. The second-order valence-corrected chi connectivity index (χ2v) is 7.26. The average molecular weight is 402 g/mol. The number of hydrogen-bond donors (Lipinski definition) is 1. The summed E-state index contributed by atoms with van der Waals surface area (Å²) in [7, 11) is 0. The van der Waals surface area contributed by atoms with Crippen molar-refractivity contribution in [1.82, 2.24) is 5.32 Å². The van der Waals surface area contributed by atoms with Gasteiger partial charge in [-0.2, -0.15) is 0 Å². The molecule has 0 bridgehead atoms. The van der Waals surface area contributed by atoms with Gasteiger partial charge in [-0.15, -0.1) is 6.58 Å². The Kier molecular flexibility index (Phi) is 6.43. The molecule has 2 aromatic rings. The fraction of sp³-hybridized carbons (Fsp3) is 0.333. The molecule has 0 unspecified atom stereocenters. The minimum absolute atomic E-state index is 0.122. The lowest BCUT2D eigenvalue weighted by atomic mass is 10.1. The zero-order chi connectivity index (χ0) is 17.6. The van der Waals surface area contributed by atoms with Gasteiger partial charge in [-0.3, -0.25) is 0 Å². The first-order valence-corrected chi connectivity index (χ1v) is 9.38. The van der Waals surface area contributed by atoms with E-state index >= 15 is 0 Å². The number of epoxide rings is 1. The van der Waals surface area contributed by atoms with Crippen LogP contribution in [-0.2, 0) is 16.1 Å². The minimum Gasteiger partial charge on any atom is -0.374 e. The van der Waals surface area contributed by atoms with Crippen LogP contribution in [-0.4, -0.2) is 24.9 Å². The first-order chi connectivity index (χ1) is 12.2. The van der Waals surface area contributed by atoms with E-state index in [2.05, 4.69) is 71.1 Å². The summed E-state index contributed by atoms with van der Waals surface area (Å²) in [5, 5.41) is 3.59. The molecule has 0 spiro atoms. The van der Waals surface area contributed by atoms with Crippen LogP contribution in [0.1, 0.15) is 24.1 Å². The number of ether oxygens (including phenoxy) is 2. The maximum Gasteiger partial charge on any atom is 0.109 e. The summed E-state index contributed by atoms with van der Waals surface area (Å²) in [4.78, 5) is 0. The lowest BCUT2D eigenvalue weighted by Crippen LogP contribution is -2.35. The molecule has 4 atom stereocenters. The predicted octanol–water partition coefficient (Wildman–Crippen LogP) is 4.64. The molecule has 3 nitrogen and oxygen atoms in total. The maximum absolute atomic E-state index is 5.80. The van der Waals surface area contributed by atoms with Crippen LogP contribution in [0.2, 0.25) is 0 Å². The minimum atomic E-state index is 0.122. The van der Waals surface area contributed by atoms with Gasteiger partial charge in [0.2, 0.25) is 0 Å². The molecule has 1 N–H and O–H groups in total. The van der Waals surface area contributed by atoms with Crippen molar-refractivity contribution >= 4 is 15.9 Å². The molecule has 2 aromatic carbocycles. The first kappa shape index (κ1) is 18.3. The number of nitrogens with one attached hydrogen (secondary N) is 1. The molecule has 1 heterocycles. The van der Waals surface area contributed by atoms with Gasteiger partial charge in [-0.25, -0.2) is 0 Å².